The number of benzene rings is 2. The van der Waals surface area contributed by atoms with Crippen LogP contribution in [0.5, 0.6) is 5.75 Å². The van der Waals surface area contributed by atoms with Crippen molar-refractivity contribution >= 4 is 46.4 Å². The van der Waals surface area contributed by atoms with Gasteiger partial charge in [0.05, 0.1) is 17.1 Å². The lowest BCUT2D eigenvalue weighted by atomic mass is 10.1. The molecule has 1 saturated heterocycles. The number of hydrogen-bond acceptors (Lipinski definition) is 8. The van der Waals surface area contributed by atoms with E-state index in [-0.39, 0.29) is 24.3 Å². The third-order valence-electron chi connectivity index (χ3n) is 6.72. The van der Waals surface area contributed by atoms with Crippen molar-refractivity contribution in [2.45, 2.75) is 50.1 Å². The second-order valence-electron chi connectivity index (χ2n) is 9.93. The molecule has 0 unspecified atom stereocenters. The maximum atomic E-state index is 13.1. The number of piperidine rings is 1. The molecule has 0 saturated carbocycles. The fourth-order valence-electron chi connectivity index (χ4n) is 4.73. The molecule has 9 nitrogen and oxygen atoms in total. The van der Waals surface area contributed by atoms with Crippen molar-refractivity contribution < 1.29 is 22.9 Å². The van der Waals surface area contributed by atoms with E-state index in [1.54, 1.807) is 30.3 Å². The van der Waals surface area contributed by atoms with Crippen molar-refractivity contribution in [3.05, 3.63) is 75.7 Å². The van der Waals surface area contributed by atoms with Crippen LogP contribution in [0.2, 0.25) is 5.02 Å². The SMILES string of the molecule is CC(C)c1oc(=O)oc1CN(C(=O)C(Cl)Cl)c1cccc(-c2cc(-c3c(Cl)cccc3OC3CCNCC3)no2)c1. The van der Waals surface area contributed by atoms with Gasteiger partial charge >= 0.3 is 5.82 Å². The number of ether oxygens (including phenoxy) is 1. The molecule has 0 radical (unpaired) electrons. The molecule has 1 fully saturated rings. The Morgan fingerprint density at radius 1 is 1.12 bits per heavy atom. The molecule has 1 N–H and O–H groups in total. The number of anilines is 1. The van der Waals surface area contributed by atoms with E-state index in [1.165, 1.54) is 4.90 Å². The number of carbonyl (C=O) groups is 1. The number of nitrogens with zero attached hydrogens (tertiary/aromatic N) is 2. The van der Waals surface area contributed by atoms with Crippen molar-refractivity contribution in [3.63, 3.8) is 0 Å². The molecule has 1 aliphatic heterocycles. The van der Waals surface area contributed by atoms with Crippen molar-refractivity contribution in [3.8, 4) is 28.3 Å². The highest BCUT2D eigenvalue weighted by atomic mass is 35.5. The number of aromatic nitrogens is 1. The quantitative estimate of drug-likeness (QED) is 0.204. The average Bonchev–Trinajstić information content (AvgIpc) is 3.59. The molecule has 216 valence electrons. The van der Waals surface area contributed by atoms with E-state index in [4.69, 9.17) is 52.9 Å². The topological polar surface area (TPSA) is 111 Å². The van der Waals surface area contributed by atoms with E-state index in [9.17, 15) is 9.59 Å². The van der Waals surface area contributed by atoms with Gasteiger partial charge in [-0.2, -0.15) is 0 Å². The predicted molar refractivity (Wildman–Crippen MR) is 157 cm³/mol. The van der Waals surface area contributed by atoms with Crippen LogP contribution < -0.4 is 20.8 Å². The van der Waals surface area contributed by atoms with Gasteiger partial charge in [0.15, 0.2) is 22.1 Å². The second-order valence-corrected chi connectivity index (χ2v) is 11.4. The molecule has 41 heavy (non-hydrogen) atoms. The monoisotopic (exact) mass is 619 g/mol. The lowest BCUT2D eigenvalue weighted by Crippen LogP contribution is -2.34. The summed E-state index contributed by atoms with van der Waals surface area (Å²) >= 11 is 18.6. The molecule has 2 aromatic carbocycles. The van der Waals surface area contributed by atoms with Crippen molar-refractivity contribution in [1.82, 2.24) is 10.5 Å². The Morgan fingerprint density at radius 3 is 2.61 bits per heavy atom. The van der Waals surface area contributed by atoms with Crippen molar-refractivity contribution in [2.75, 3.05) is 18.0 Å². The summed E-state index contributed by atoms with van der Waals surface area (Å²) in [5, 5.41) is 8.10. The standard InChI is InChI=1S/C29H28Cl3N3O6/c1-16(2)26-24(39-29(37)40-26)15-35(28(36)27(31)32)18-6-3-5-17(13-18)23-14-21(34-41-23)25-20(30)7-4-8-22(25)38-19-9-11-33-12-10-19/h3-8,13-14,16,19,27,33H,9-12,15H2,1-2H3. The number of alkyl halides is 2. The number of hydrogen-bond donors (Lipinski definition) is 1. The summed E-state index contributed by atoms with van der Waals surface area (Å²) in [4.78, 5) is 24.9. The number of carbonyl (C=O) groups excluding carboxylic acids is 1. The van der Waals surface area contributed by atoms with Crippen LogP contribution in [0.15, 0.2) is 66.7 Å². The highest BCUT2D eigenvalue weighted by Gasteiger charge is 2.27. The molecule has 2 aromatic heterocycles. The van der Waals surface area contributed by atoms with Crippen LogP contribution in [0.1, 0.15) is 44.1 Å². The molecule has 0 bridgehead atoms. The third-order valence-corrected chi connectivity index (χ3v) is 7.41. The van der Waals surface area contributed by atoms with E-state index in [1.807, 2.05) is 32.0 Å². The van der Waals surface area contributed by atoms with Crippen LogP contribution >= 0.6 is 34.8 Å². The van der Waals surface area contributed by atoms with Crippen molar-refractivity contribution in [1.29, 1.82) is 0 Å². The largest absolute Gasteiger partial charge is 0.519 e. The summed E-state index contributed by atoms with van der Waals surface area (Å²) < 4.78 is 22.4. The highest BCUT2D eigenvalue weighted by molar-refractivity contribution is 6.54. The first kappa shape index (κ1) is 29.3. The molecule has 0 aliphatic carbocycles. The Labute approximate surface area is 251 Å². The van der Waals surface area contributed by atoms with Crippen molar-refractivity contribution in [2.24, 2.45) is 0 Å². The van der Waals surface area contributed by atoms with Crippen LogP contribution in [0.25, 0.3) is 22.6 Å². The lowest BCUT2D eigenvalue weighted by Gasteiger charge is -2.25. The second kappa shape index (κ2) is 12.7. The average molecular weight is 621 g/mol. The van der Waals surface area contributed by atoms with Gasteiger partial charge < -0.3 is 28.3 Å². The number of amides is 1. The summed E-state index contributed by atoms with van der Waals surface area (Å²) in [7, 11) is 0. The molecule has 12 heteroatoms. The molecular weight excluding hydrogens is 593 g/mol. The highest BCUT2D eigenvalue weighted by Crippen LogP contribution is 2.39. The van der Waals surface area contributed by atoms with E-state index in [0.29, 0.717) is 44.8 Å². The molecule has 0 spiro atoms. The van der Waals surface area contributed by atoms with E-state index in [0.717, 1.165) is 25.9 Å². The number of rotatable bonds is 9. The zero-order valence-corrected chi connectivity index (χ0v) is 24.6. The minimum absolute atomic E-state index is 0.0728. The van der Waals surface area contributed by atoms with E-state index in [2.05, 4.69) is 10.5 Å². The van der Waals surface area contributed by atoms with Crippen LogP contribution in [-0.4, -0.2) is 35.1 Å². The molecule has 1 amide bonds. The summed E-state index contributed by atoms with van der Waals surface area (Å²) in [6.07, 6.45) is 1.86. The van der Waals surface area contributed by atoms with E-state index >= 15 is 0 Å². The first-order valence-corrected chi connectivity index (χ1v) is 14.4. The lowest BCUT2D eigenvalue weighted by molar-refractivity contribution is -0.117. The van der Waals surface area contributed by atoms with Crippen LogP contribution in [-0.2, 0) is 11.3 Å². The molecule has 0 atom stereocenters. The fourth-order valence-corrected chi connectivity index (χ4v) is 5.22. The number of halogens is 3. The maximum Gasteiger partial charge on any atom is 0.519 e. The first-order chi connectivity index (χ1) is 19.7. The minimum Gasteiger partial charge on any atom is -0.490 e. The molecular formula is C29H28Cl3N3O6. The Morgan fingerprint density at radius 2 is 1.88 bits per heavy atom. The smallest absolute Gasteiger partial charge is 0.490 e. The zero-order valence-electron chi connectivity index (χ0n) is 22.4. The van der Waals surface area contributed by atoms with Crippen LogP contribution in [0.3, 0.4) is 0 Å². The predicted octanol–water partition coefficient (Wildman–Crippen LogP) is 6.80. The maximum absolute atomic E-state index is 13.1. The first-order valence-electron chi connectivity index (χ1n) is 13.2. The molecule has 4 aromatic rings. The summed E-state index contributed by atoms with van der Waals surface area (Å²) in [5.41, 5.74) is 2.23. The van der Waals surface area contributed by atoms with Gasteiger partial charge in [-0.3, -0.25) is 4.79 Å². The van der Waals surface area contributed by atoms with Crippen LogP contribution in [0.4, 0.5) is 5.69 Å². The third kappa shape index (κ3) is 6.64. The Bertz CT molecular complexity index is 1570. The van der Waals surface area contributed by atoms with Gasteiger partial charge in [0.25, 0.3) is 5.91 Å². The summed E-state index contributed by atoms with van der Waals surface area (Å²) in [6, 6.07) is 14.2. The Balaban J connectivity index is 1.46. The van der Waals surface area contributed by atoms with E-state index < -0.39 is 16.6 Å². The van der Waals surface area contributed by atoms with Gasteiger partial charge in [0, 0.05) is 23.2 Å². The van der Waals surface area contributed by atoms with Gasteiger partial charge in [-0.1, -0.05) is 72.0 Å². The summed E-state index contributed by atoms with van der Waals surface area (Å²) in [6.45, 7) is 5.36. The number of nitrogens with one attached hydrogen (secondary N) is 1. The molecule has 1 aliphatic rings. The fraction of sp³-hybridized carbons (Fsp3) is 0.345. The van der Waals surface area contributed by atoms with Gasteiger partial charge in [0.2, 0.25) is 0 Å². The Hall–Kier alpha value is -3.24. The normalized spacial score (nSPS) is 14.1. The minimum atomic E-state index is -1.35. The van der Waals surface area contributed by atoms with Gasteiger partial charge in [0.1, 0.15) is 17.5 Å². The van der Waals surface area contributed by atoms with Crippen LogP contribution in [0, 0.1) is 0 Å². The zero-order chi connectivity index (χ0) is 29.1. The van der Waals surface area contributed by atoms with Gasteiger partial charge in [-0.15, -0.1) is 0 Å². The molecule has 3 heterocycles. The Kier molecular flexibility index (Phi) is 9.09. The summed E-state index contributed by atoms with van der Waals surface area (Å²) in [5.74, 6) is 0.0177. The van der Waals surface area contributed by atoms with Gasteiger partial charge in [-0.05, 0) is 50.2 Å². The molecule has 5 rings (SSSR count). The van der Waals surface area contributed by atoms with Gasteiger partial charge in [-0.25, -0.2) is 4.79 Å².